The maximum atomic E-state index is 12.8. The molecule has 1 amide bonds. The Kier molecular flexibility index (Phi) is 7.47. The number of benzene rings is 3. The Bertz CT molecular complexity index is 1240. The van der Waals surface area contributed by atoms with Crippen LogP contribution in [-0.4, -0.2) is 26.4 Å². The Morgan fingerprint density at radius 1 is 1.00 bits per heavy atom. The summed E-state index contributed by atoms with van der Waals surface area (Å²) < 4.78 is 1.99. The molecule has 33 heavy (non-hydrogen) atoms. The fourth-order valence-electron chi connectivity index (χ4n) is 3.64. The number of carbonyl (C=O) groups excluding carboxylic acids is 1. The average Bonchev–Trinajstić information content (AvgIpc) is 3.22. The molecular weight excluding hydrogens is 452 g/mol. The highest BCUT2D eigenvalue weighted by atomic mass is 35.5. The van der Waals surface area contributed by atoms with E-state index in [0.29, 0.717) is 16.6 Å². The average molecular weight is 477 g/mol. The molecule has 1 aromatic heterocycles. The summed E-state index contributed by atoms with van der Waals surface area (Å²) >= 11 is 7.47. The molecule has 4 aromatic rings. The zero-order valence-corrected chi connectivity index (χ0v) is 20.2. The van der Waals surface area contributed by atoms with E-state index in [2.05, 4.69) is 34.6 Å². The van der Waals surface area contributed by atoms with Crippen molar-refractivity contribution in [1.29, 1.82) is 0 Å². The van der Waals surface area contributed by atoms with Crippen molar-refractivity contribution in [3.05, 3.63) is 100 Å². The number of rotatable bonds is 8. The summed E-state index contributed by atoms with van der Waals surface area (Å²) in [5.41, 5.74) is 5.13. The number of nitrogens with zero attached hydrogens (tertiary/aromatic N) is 3. The lowest BCUT2D eigenvalue weighted by atomic mass is 10.1. The fourth-order valence-corrected chi connectivity index (χ4v) is 4.54. The molecule has 7 heteroatoms. The first-order chi connectivity index (χ1) is 16.0. The third-order valence-electron chi connectivity index (χ3n) is 5.33. The van der Waals surface area contributed by atoms with Gasteiger partial charge in [-0.3, -0.25) is 9.36 Å². The van der Waals surface area contributed by atoms with Crippen LogP contribution in [0.15, 0.2) is 78.0 Å². The third kappa shape index (κ3) is 5.64. The molecule has 0 fully saturated rings. The number of halogens is 1. The van der Waals surface area contributed by atoms with Crippen molar-refractivity contribution >= 4 is 35.0 Å². The van der Waals surface area contributed by atoms with E-state index >= 15 is 0 Å². The number of aromatic nitrogens is 3. The summed E-state index contributed by atoms with van der Waals surface area (Å²) in [6.07, 6.45) is 1.49. The summed E-state index contributed by atoms with van der Waals surface area (Å²) in [6.45, 7) is 4.09. The molecule has 3 aromatic carbocycles. The standard InChI is InChI=1S/C26H25ClN4OS/c1-3-20-11-7-8-18(2)25(20)28-24(32)17-33-26-30-29-23(16-19-9-5-4-6-10-19)31(26)22-14-12-21(27)13-15-22/h4-15H,3,16-17H2,1-2H3,(H,28,32). The van der Waals surface area contributed by atoms with E-state index in [9.17, 15) is 4.79 Å². The van der Waals surface area contributed by atoms with Crippen LogP contribution in [0.5, 0.6) is 0 Å². The Morgan fingerprint density at radius 3 is 2.48 bits per heavy atom. The molecule has 0 aliphatic heterocycles. The number of para-hydroxylation sites is 1. The molecule has 168 valence electrons. The van der Waals surface area contributed by atoms with Gasteiger partial charge in [0.1, 0.15) is 5.82 Å². The van der Waals surface area contributed by atoms with Gasteiger partial charge in [-0.15, -0.1) is 10.2 Å². The predicted molar refractivity (Wildman–Crippen MR) is 136 cm³/mol. The largest absolute Gasteiger partial charge is 0.325 e. The van der Waals surface area contributed by atoms with Crippen molar-refractivity contribution in [2.45, 2.75) is 31.8 Å². The van der Waals surface area contributed by atoms with Gasteiger partial charge in [0.15, 0.2) is 5.16 Å². The fraction of sp³-hybridized carbons (Fsp3) is 0.192. The summed E-state index contributed by atoms with van der Waals surface area (Å²) in [6, 6.07) is 23.8. The maximum absolute atomic E-state index is 12.8. The van der Waals surface area contributed by atoms with Gasteiger partial charge in [-0.2, -0.15) is 0 Å². The molecule has 0 saturated heterocycles. The van der Waals surface area contributed by atoms with Crippen molar-refractivity contribution in [2.75, 3.05) is 11.1 Å². The SMILES string of the molecule is CCc1cccc(C)c1NC(=O)CSc1nnc(Cc2ccccc2)n1-c1ccc(Cl)cc1. The van der Waals surface area contributed by atoms with Crippen molar-refractivity contribution in [1.82, 2.24) is 14.8 Å². The van der Waals surface area contributed by atoms with E-state index in [1.807, 2.05) is 72.2 Å². The molecular formula is C26H25ClN4OS. The second-order valence-electron chi connectivity index (χ2n) is 7.67. The lowest BCUT2D eigenvalue weighted by Crippen LogP contribution is -2.16. The van der Waals surface area contributed by atoms with Crippen molar-refractivity contribution < 1.29 is 4.79 Å². The zero-order valence-electron chi connectivity index (χ0n) is 18.6. The smallest absolute Gasteiger partial charge is 0.234 e. The van der Waals surface area contributed by atoms with Gasteiger partial charge >= 0.3 is 0 Å². The number of amides is 1. The van der Waals surface area contributed by atoms with Gasteiger partial charge in [0, 0.05) is 22.8 Å². The minimum atomic E-state index is -0.0701. The van der Waals surface area contributed by atoms with Crippen LogP contribution >= 0.6 is 23.4 Å². The summed E-state index contributed by atoms with van der Waals surface area (Å²) in [7, 11) is 0. The summed E-state index contributed by atoms with van der Waals surface area (Å²) in [5.74, 6) is 0.965. The molecule has 0 saturated carbocycles. The number of anilines is 1. The highest BCUT2D eigenvalue weighted by Crippen LogP contribution is 2.26. The summed E-state index contributed by atoms with van der Waals surface area (Å²) in [4.78, 5) is 12.8. The normalized spacial score (nSPS) is 10.9. The van der Waals surface area contributed by atoms with Crippen LogP contribution in [-0.2, 0) is 17.6 Å². The van der Waals surface area contributed by atoms with E-state index in [1.165, 1.54) is 11.8 Å². The molecule has 5 nitrogen and oxygen atoms in total. The quantitative estimate of drug-likeness (QED) is 0.311. The molecule has 0 spiro atoms. The second kappa shape index (κ2) is 10.7. The first kappa shape index (κ1) is 23.1. The maximum Gasteiger partial charge on any atom is 0.234 e. The Morgan fingerprint density at radius 2 is 1.76 bits per heavy atom. The molecule has 4 rings (SSSR count). The number of hydrogen-bond acceptors (Lipinski definition) is 4. The molecule has 0 atom stereocenters. The molecule has 0 radical (unpaired) electrons. The Hall–Kier alpha value is -3.09. The van der Waals surface area contributed by atoms with Crippen LogP contribution in [0, 0.1) is 6.92 Å². The lowest BCUT2D eigenvalue weighted by molar-refractivity contribution is -0.113. The Labute approximate surface area is 203 Å². The van der Waals surface area contributed by atoms with Crippen LogP contribution in [0.2, 0.25) is 5.02 Å². The number of thioether (sulfide) groups is 1. The minimum Gasteiger partial charge on any atom is -0.325 e. The summed E-state index contributed by atoms with van der Waals surface area (Å²) in [5, 5.41) is 13.3. The van der Waals surface area contributed by atoms with Crippen LogP contribution in [0.4, 0.5) is 5.69 Å². The van der Waals surface area contributed by atoms with E-state index in [-0.39, 0.29) is 11.7 Å². The van der Waals surface area contributed by atoms with Gasteiger partial charge in [0.25, 0.3) is 0 Å². The molecule has 0 unspecified atom stereocenters. The topological polar surface area (TPSA) is 59.8 Å². The minimum absolute atomic E-state index is 0.0701. The van der Waals surface area contributed by atoms with Crippen LogP contribution in [0.25, 0.3) is 5.69 Å². The first-order valence-electron chi connectivity index (χ1n) is 10.8. The highest BCUT2D eigenvalue weighted by Gasteiger charge is 2.17. The lowest BCUT2D eigenvalue weighted by Gasteiger charge is -2.13. The van der Waals surface area contributed by atoms with Crippen LogP contribution in [0.3, 0.4) is 0 Å². The van der Waals surface area contributed by atoms with Crippen molar-refractivity contribution in [3.63, 3.8) is 0 Å². The molecule has 0 aliphatic rings. The Balaban J connectivity index is 1.56. The van der Waals surface area contributed by atoms with Gasteiger partial charge < -0.3 is 5.32 Å². The van der Waals surface area contributed by atoms with Crippen LogP contribution < -0.4 is 5.32 Å². The van der Waals surface area contributed by atoms with E-state index in [0.717, 1.165) is 40.3 Å². The molecule has 1 N–H and O–H groups in total. The van der Waals surface area contributed by atoms with E-state index in [4.69, 9.17) is 11.6 Å². The number of aryl methyl sites for hydroxylation is 2. The molecule has 0 bridgehead atoms. The number of carbonyl (C=O) groups is 1. The van der Waals surface area contributed by atoms with Crippen molar-refractivity contribution in [3.8, 4) is 5.69 Å². The monoisotopic (exact) mass is 476 g/mol. The van der Waals surface area contributed by atoms with Gasteiger partial charge in [-0.1, -0.05) is 78.8 Å². The van der Waals surface area contributed by atoms with E-state index in [1.54, 1.807) is 0 Å². The van der Waals surface area contributed by atoms with Gasteiger partial charge in [-0.25, -0.2) is 0 Å². The highest BCUT2D eigenvalue weighted by molar-refractivity contribution is 7.99. The predicted octanol–water partition coefficient (Wildman–Crippen LogP) is 6.11. The first-order valence-corrected chi connectivity index (χ1v) is 12.2. The molecule has 0 aliphatic carbocycles. The third-order valence-corrected chi connectivity index (χ3v) is 6.51. The van der Waals surface area contributed by atoms with Gasteiger partial charge in [0.2, 0.25) is 5.91 Å². The zero-order chi connectivity index (χ0) is 23.2. The molecule has 1 heterocycles. The van der Waals surface area contributed by atoms with Crippen LogP contribution in [0.1, 0.15) is 29.4 Å². The number of nitrogens with one attached hydrogen (secondary N) is 1. The van der Waals surface area contributed by atoms with E-state index < -0.39 is 0 Å². The van der Waals surface area contributed by atoms with Crippen molar-refractivity contribution in [2.24, 2.45) is 0 Å². The van der Waals surface area contributed by atoms with Gasteiger partial charge in [-0.05, 0) is 54.3 Å². The second-order valence-corrected chi connectivity index (χ2v) is 9.05. The van der Waals surface area contributed by atoms with Gasteiger partial charge in [0.05, 0.1) is 5.75 Å². The number of hydrogen-bond donors (Lipinski definition) is 1.